The molecule has 1 aromatic heterocycles. The minimum atomic E-state index is -1.21. The van der Waals surface area contributed by atoms with Crippen LogP contribution >= 0.6 is 0 Å². The van der Waals surface area contributed by atoms with Crippen LogP contribution in [0.5, 0.6) is 11.5 Å². The summed E-state index contributed by atoms with van der Waals surface area (Å²) in [5.74, 6) is -1.77. The molecule has 3 aromatic carbocycles. The maximum absolute atomic E-state index is 13.4. The maximum atomic E-state index is 13.4. The minimum Gasteiger partial charge on any atom is -0.508 e. The number of nitrogens with zero attached hydrogens (tertiary/aromatic N) is 2. The number of carbonyl (C=O) groups excluding carboxylic acids is 1. The van der Waals surface area contributed by atoms with Crippen molar-refractivity contribution in [3.05, 3.63) is 113 Å². The van der Waals surface area contributed by atoms with E-state index in [0.29, 0.717) is 11.3 Å². The number of carboxylic acid groups (broad SMARTS) is 1. The molecular weight excluding hydrogens is 451 g/mol. The second-order valence-corrected chi connectivity index (χ2v) is 7.78. The molecule has 0 unspecified atom stereocenters. The van der Waals surface area contributed by atoms with Crippen LogP contribution in [0.15, 0.2) is 85.1 Å². The van der Waals surface area contributed by atoms with E-state index in [1.807, 2.05) is 11.9 Å². The molecule has 0 amide bonds. The van der Waals surface area contributed by atoms with Crippen molar-refractivity contribution in [3.63, 3.8) is 0 Å². The Kier molecular flexibility index (Phi) is 6.73. The smallest absolute Gasteiger partial charge is 0.335 e. The fraction of sp³-hybridized carbons (Fsp3) is 0.0741. The molecule has 1 heterocycles. The van der Waals surface area contributed by atoms with Crippen molar-refractivity contribution in [2.24, 2.45) is 0 Å². The van der Waals surface area contributed by atoms with Crippen molar-refractivity contribution in [1.82, 2.24) is 4.98 Å². The Balaban J connectivity index is 1.55. The van der Waals surface area contributed by atoms with E-state index in [0.717, 1.165) is 5.69 Å². The van der Waals surface area contributed by atoms with Gasteiger partial charge in [-0.2, -0.15) is 0 Å². The third-order valence-electron chi connectivity index (χ3n) is 5.32. The van der Waals surface area contributed by atoms with Gasteiger partial charge < -0.3 is 19.8 Å². The van der Waals surface area contributed by atoms with E-state index in [2.05, 4.69) is 4.98 Å². The van der Waals surface area contributed by atoms with Crippen molar-refractivity contribution in [2.45, 2.75) is 6.61 Å². The van der Waals surface area contributed by atoms with Gasteiger partial charge in [-0.1, -0.05) is 12.1 Å². The number of aromatic nitrogens is 1. The average Bonchev–Trinajstić information content (AvgIpc) is 2.87. The zero-order valence-electron chi connectivity index (χ0n) is 18.7. The highest BCUT2D eigenvalue weighted by atomic mass is 19.1. The quantitative estimate of drug-likeness (QED) is 0.340. The molecule has 176 valence electrons. The highest BCUT2D eigenvalue weighted by Gasteiger charge is 2.17. The lowest BCUT2D eigenvalue weighted by molar-refractivity contribution is 0.0696. The molecule has 7 nitrogen and oxygen atoms in total. The number of benzene rings is 3. The minimum absolute atomic E-state index is 0.00497. The number of pyridine rings is 1. The van der Waals surface area contributed by atoms with Gasteiger partial charge in [-0.05, 0) is 72.3 Å². The Morgan fingerprint density at radius 2 is 1.66 bits per heavy atom. The maximum Gasteiger partial charge on any atom is 0.335 e. The molecule has 0 spiro atoms. The molecule has 0 bridgehead atoms. The molecule has 4 aromatic rings. The standard InChI is InChI=1S/C27H21FN2O5/c1-30(21-5-8-23(31)9-6-21)22-7-10-25(29-15-22)26(32)18-12-19(27(33)34)14-24(13-18)35-16-17-3-2-4-20(28)11-17/h2-15,31H,16H2,1H3,(H,33,34). The first-order valence-electron chi connectivity index (χ1n) is 10.6. The van der Waals surface area contributed by atoms with Crippen LogP contribution in [-0.4, -0.2) is 34.0 Å². The molecule has 0 aliphatic rings. The Labute approximate surface area is 200 Å². The topological polar surface area (TPSA) is 100.0 Å². The van der Waals surface area contributed by atoms with Crippen molar-refractivity contribution < 1.29 is 28.9 Å². The predicted octanol–water partition coefficient (Wildman–Crippen LogP) is 5.20. The number of hydrogen-bond donors (Lipinski definition) is 2. The molecule has 0 radical (unpaired) electrons. The summed E-state index contributed by atoms with van der Waals surface area (Å²) in [6.07, 6.45) is 1.53. The second kappa shape index (κ2) is 10.0. The SMILES string of the molecule is CN(c1ccc(O)cc1)c1ccc(C(=O)c2cc(OCc3cccc(F)c3)cc(C(=O)O)c2)nc1. The van der Waals surface area contributed by atoms with E-state index in [1.54, 1.807) is 48.5 Å². The van der Waals surface area contributed by atoms with E-state index in [9.17, 15) is 24.2 Å². The van der Waals surface area contributed by atoms with Crippen molar-refractivity contribution in [1.29, 1.82) is 0 Å². The number of ether oxygens (including phenoxy) is 1. The molecule has 4 rings (SSSR count). The zero-order valence-corrected chi connectivity index (χ0v) is 18.7. The van der Waals surface area contributed by atoms with Gasteiger partial charge in [-0.15, -0.1) is 0 Å². The van der Waals surface area contributed by atoms with Crippen LogP contribution in [-0.2, 0) is 6.61 Å². The van der Waals surface area contributed by atoms with E-state index in [4.69, 9.17) is 4.74 Å². The number of aromatic hydroxyl groups is 1. The van der Waals surface area contributed by atoms with Gasteiger partial charge in [0.05, 0.1) is 17.4 Å². The van der Waals surface area contributed by atoms with Crippen molar-refractivity contribution in [2.75, 3.05) is 11.9 Å². The highest BCUT2D eigenvalue weighted by molar-refractivity contribution is 6.09. The van der Waals surface area contributed by atoms with Gasteiger partial charge in [0.2, 0.25) is 5.78 Å². The van der Waals surface area contributed by atoms with Crippen LogP contribution in [0.25, 0.3) is 0 Å². The fourth-order valence-corrected chi connectivity index (χ4v) is 3.42. The number of phenolic OH excluding ortho intramolecular Hbond substituents is 1. The second-order valence-electron chi connectivity index (χ2n) is 7.78. The van der Waals surface area contributed by atoms with Gasteiger partial charge in [0, 0.05) is 18.3 Å². The van der Waals surface area contributed by atoms with Crippen molar-refractivity contribution in [3.8, 4) is 11.5 Å². The third kappa shape index (κ3) is 5.62. The third-order valence-corrected chi connectivity index (χ3v) is 5.32. The Morgan fingerprint density at radius 3 is 2.31 bits per heavy atom. The number of carboxylic acids is 1. The molecule has 0 fully saturated rings. The fourth-order valence-electron chi connectivity index (χ4n) is 3.42. The molecule has 0 saturated carbocycles. The van der Waals surface area contributed by atoms with Gasteiger partial charge >= 0.3 is 5.97 Å². The Morgan fingerprint density at radius 1 is 0.943 bits per heavy atom. The predicted molar refractivity (Wildman–Crippen MR) is 128 cm³/mol. The molecule has 0 saturated heterocycles. The molecule has 0 aliphatic carbocycles. The number of carbonyl (C=O) groups is 2. The van der Waals surface area contributed by atoms with Crippen LogP contribution in [0.1, 0.15) is 32.0 Å². The molecule has 8 heteroatoms. The number of phenols is 1. The summed E-state index contributed by atoms with van der Waals surface area (Å²) in [7, 11) is 1.82. The summed E-state index contributed by atoms with van der Waals surface area (Å²) < 4.78 is 19.1. The molecular formula is C27H21FN2O5. The van der Waals surface area contributed by atoms with E-state index in [1.165, 1.54) is 36.5 Å². The van der Waals surface area contributed by atoms with E-state index in [-0.39, 0.29) is 34.9 Å². The summed E-state index contributed by atoms with van der Waals surface area (Å²) in [5, 5.41) is 18.9. The molecule has 2 N–H and O–H groups in total. The van der Waals surface area contributed by atoms with Gasteiger partial charge in [-0.3, -0.25) is 9.78 Å². The lowest BCUT2D eigenvalue weighted by Gasteiger charge is -2.19. The van der Waals surface area contributed by atoms with Gasteiger partial charge in [0.25, 0.3) is 0 Å². The van der Waals surface area contributed by atoms with Gasteiger partial charge in [-0.25, -0.2) is 9.18 Å². The van der Waals surface area contributed by atoms with Gasteiger partial charge in [0.1, 0.15) is 29.6 Å². The summed E-state index contributed by atoms with van der Waals surface area (Å²) in [5.41, 5.74) is 2.21. The molecule has 35 heavy (non-hydrogen) atoms. The number of anilines is 2. The average molecular weight is 472 g/mol. The Hall–Kier alpha value is -4.72. The first kappa shape index (κ1) is 23.4. The Bertz CT molecular complexity index is 1370. The van der Waals surface area contributed by atoms with Crippen LogP contribution in [0.2, 0.25) is 0 Å². The molecule has 0 aliphatic heterocycles. The monoisotopic (exact) mass is 472 g/mol. The highest BCUT2D eigenvalue weighted by Crippen LogP contribution is 2.26. The first-order valence-corrected chi connectivity index (χ1v) is 10.6. The zero-order chi connectivity index (χ0) is 24.9. The van der Waals surface area contributed by atoms with E-state index >= 15 is 0 Å². The normalized spacial score (nSPS) is 10.6. The van der Waals surface area contributed by atoms with Gasteiger partial charge in [0.15, 0.2) is 0 Å². The van der Waals surface area contributed by atoms with E-state index < -0.39 is 17.6 Å². The summed E-state index contributed by atoms with van der Waals surface area (Å²) in [6, 6.07) is 19.8. The first-order chi connectivity index (χ1) is 16.8. The number of ketones is 1. The van der Waals surface area contributed by atoms with Crippen molar-refractivity contribution >= 4 is 23.1 Å². The lowest BCUT2D eigenvalue weighted by Crippen LogP contribution is -2.11. The summed E-state index contributed by atoms with van der Waals surface area (Å²) in [6.45, 7) is 0.00497. The molecule has 0 atom stereocenters. The summed E-state index contributed by atoms with van der Waals surface area (Å²) in [4.78, 5) is 30.8. The number of rotatable bonds is 8. The number of halogens is 1. The largest absolute Gasteiger partial charge is 0.508 e. The number of aromatic carboxylic acids is 1. The number of hydrogen-bond acceptors (Lipinski definition) is 6. The van der Waals surface area contributed by atoms with Crippen LogP contribution < -0.4 is 9.64 Å². The lowest BCUT2D eigenvalue weighted by atomic mass is 10.0. The van der Waals surface area contributed by atoms with Crippen LogP contribution in [0.3, 0.4) is 0 Å². The summed E-state index contributed by atoms with van der Waals surface area (Å²) >= 11 is 0. The van der Waals surface area contributed by atoms with Crippen LogP contribution in [0, 0.1) is 5.82 Å². The van der Waals surface area contributed by atoms with Crippen LogP contribution in [0.4, 0.5) is 15.8 Å².